The van der Waals surface area contributed by atoms with Crippen LogP contribution in [0.25, 0.3) is 10.9 Å². The summed E-state index contributed by atoms with van der Waals surface area (Å²) >= 11 is 0. The lowest BCUT2D eigenvalue weighted by Gasteiger charge is -2.15. The first kappa shape index (κ1) is 16.6. The van der Waals surface area contributed by atoms with E-state index in [2.05, 4.69) is 17.4 Å². The van der Waals surface area contributed by atoms with E-state index < -0.39 is 11.5 Å². The van der Waals surface area contributed by atoms with Crippen LogP contribution in [0.5, 0.6) is 5.75 Å². The minimum absolute atomic E-state index is 0.270. The van der Waals surface area contributed by atoms with E-state index in [1.165, 1.54) is 4.57 Å². The van der Waals surface area contributed by atoms with Crippen molar-refractivity contribution in [2.45, 2.75) is 33.2 Å². The molecule has 0 fully saturated rings. The zero-order valence-corrected chi connectivity index (χ0v) is 13.3. The third kappa shape index (κ3) is 3.36. The van der Waals surface area contributed by atoms with E-state index >= 15 is 0 Å². The molecule has 0 aliphatic carbocycles. The maximum atomic E-state index is 12.7. The number of allylic oxidation sites excluding steroid dienone is 1. The Morgan fingerprint density at radius 2 is 2.00 bits per heavy atom. The maximum absolute atomic E-state index is 12.7. The number of para-hydroxylation sites is 1. The average Bonchev–Trinajstić information content (AvgIpc) is 2.53. The van der Waals surface area contributed by atoms with E-state index in [1.807, 2.05) is 6.92 Å². The number of aromatic hydroxyl groups is 1. The van der Waals surface area contributed by atoms with Crippen LogP contribution in [0, 0.1) is 0 Å². The van der Waals surface area contributed by atoms with E-state index in [1.54, 1.807) is 31.2 Å². The Morgan fingerprint density at radius 1 is 1.30 bits per heavy atom. The molecule has 0 spiro atoms. The zero-order chi connectivity index (χ0) is 17.0. The molecular formula is C17H21N3O3. The number of amides is 1. The number of carbonyl (C=O) groups is 1. The molecule has 0 saturated heterocycles. The Bertz CT molecular complexity index is 809. The van der Waals surface area contributed by atoms with Gasteiger partial charge in [-0.3, -0.25) is 15.0 Å². The molecule has 0 unspecified atom stereocenters. The number of hydrazine groups is 1. The number of fused-ring (bicyclic) bond motifs is 1. The highest BCUT2D eigenvalue weighted by molar-refractivity contribution is 6.02. The van der Waals surface area contributed by atoms with Gasteiger partial charge in [-0.1, -0.05) is 32.1 Å². The molecule has 1 amide bonds. The van der Waals surface area contributed by atoms with E-state index in [0.29, 0.717) is 23.1 Å². The number of benzene rings is 1. The number of pyridine rings is 1. The van der Waals surface area contributed by atoms with Gasteiger partial charge in [0.15, 0.2) is 0 Å². The van der Waals surface area contributed by atoms with Gasteiger partial charge in [0.25, 0.3) is 11.5 Å². The molecule has 0 aliphatic heterocycles. The van der Waals surface area contributed by atoms with Gasteiger partial charge in [-0.2, -0.15) is 0 Å². The van der Waals surface area contributed by atoms with Gasteiger partial charge >= 0.3 is 0 Å². The first-order chi connectivity index (χ1) is 11.0. The number of hydrogen-bond donors (Lipinski definition) is 3. The van der Waals surface area contributed by atoms with Gasteiger partial charge in [0, 0.05) is 17.6 Å². The standard InChI is InChI=1S/C17H21N3O3/c1-4-5-10-20-13-9-7-6-8-12(13)15(21)14(17(20)23)16(22)19-18-11(2)3/h6-9,18,21H,2,4-5,10H2,1,3H3,(H,19,22). The van der Waals surface area contributed by atoms with Crippen LogP contribution >= 0.6 is 0 Å². The molecule has 122 valence electrons. The Hall–Kier alpha value is -2.76. The fraction of sp³-hybridized carbons (Fsp3) is 0.294. The first-order valence-electron chi connectivity index (χ1n) is 7.53. The zero-order valence-electron chi connectivity index (χ0n) is 13.3. The third-order valence-electron chi connectivity index (χ3n) is 3.50. The van der Waals surface area contributed by atoms with Crippen molar-refractivity contribution in [3.63, 3.8) is 0 Å². The number of aromatic nitrogens is 1. The maximum Gasteiger partial charge on any atom is 0.279 e. The van der Waals surface area contributed by atoms with Gasteiger partial charge in [0.1, 0.15) is 11.3 Å². The van der Waals surface area contributed by atoms with Crippen molar-refractivity contribution in [1.82, 2.24) is 15.4 Å². The normalized spacial score (nSPS) is 10.5. The van der Waals surface area contributed by atoms with Crippen LogP contribution in [0.2, 0.25) is 0 Å². The van der Waals surface area contributed by atoms with Gasteiger partial charge in [0.2, 0.25) is 0 Å². The van der Waals surface area contributed by atoms with Gasteiger partial charge < -0.3 is 15.1 Å². The van der Waals surface area contributed by atoms with E-state index in [0.717, 1.165) is 12.8 Å². The van der Waals surface area contributed by atoms with Crippen LogP contribution in [-0.2, 0) is 6.54 Å². The first-order valence-corrected chi connectivity index (χ1v) is 7.53. The molecule has 1 aromatic carbocycles. The number of aryl methyl sites for hydroxylation is 1. The van der Waals surface area contributed by atoms with Crippen LogP contribution in [0.15, 0.2) is 41.3 Å². The Morgan fingerprint density at radius 3 is 2.65 bits per heavy atom. The monoisotopic (exact) mass is 315 g/mol. The molecule has 0 saturated carbocycles. The fourth-order valence-electron chi connectivity index (χ4n) is 2.36. The lowest BCUT2D eigenvalue weighted by atomic mass is 10.1. The molecule has 23 heavy (non-hydrogen) atoms. The van der Waals surface area contributed by atoms with Gasteiger partial charge in [-0.05, 0) is 25.5 Å². The predicted octanol–water partition coefficient (Wildman–Crippen LogP) is 2.28. The molecule has 3 N–H and O–H groups in total. The number of nitrogens with zero attached hydrogens (tertiary/aromatic N) is 1. The lowest BCUT2D eigenvalue weighted by Crippen LogP contribution is -2.40. The van der Waals surface area contributed by atoms with Crippen LogP contribution in [-0.4, -0.2) is 15.6 Å². The largest absolute Gasteiger partial charge is 0.506 e. The van der Waals surface area contributed by atoms with Crippen molar-refractivity contribution in [2.24, 2.45) is 0 Å². The van der Waals surface area contributed by atoms with Crippen molar-refractivity contribution in [2.75, 3.05) is 0 Å². The third-order valence-corrected chi connectivity index (χ3v) is 3.50. The molecule has 1 heterocycles. The molecule has 0 aliphatic rings. The Kier molecular flexibility index (Phi) is 5.05. The van der Waals surface area contributed by atoms with Crippen molar-refractivity contribution in [1.29, 1.82) is 0 Å². The summed E-state index contributed by atoms with van der Waals surface area (Å²) in [6, 6.07) is 7.01. The predicted molar refractivity (Wildman–Crippen MR) is 90.2 cm³/mol. The van der Waals surface area contributed by atoms with Crippen LogP contribution < -0.4 is 16.4 Å². The second-order valence-electron chi connectivity index (χ2n) is 5.41. The Labute approximate surface area is 134 Å². The lowest BCUT2D eigenvalue weighted by molar-refractivity contribution is 0.0934. The van der Waals surface area contributed by atoms with Crippen molar-refractivity contribution < 1.29 is 9.90 Å². The van der Waals surface area contributed by atoms with E-state index in [-0.39, 0.29) is 11.3 Å². The number of unbranched alkanes of at least 4 members (excludes halogenated alkanes) is 1. The molecule has 6 heteroatoms. The highest BCUT2D eigenvalue weighted by atomic mass is 16.3. The van der Waals surface area contributed by atoms with E-state index in [4.69, 9.17) is 0 Å². The minimum Gasteiger partial charge on any atom is -0.506 e. The summed E-state index contributed by atoms with van der Waals surface area (Å²) in [5.74, 6) is -0.995. The smallest absolute Gasteiger partial charge is 0.279 e. The molecule has 0 bridgehead atoms. The highest BCUT2D eigenvalue weighted by Crippen LogP contribution is 2.26. The molecule has 2 rings (SSSR count). The topological polar surface area (TPSA) is 83.4 Å². The molecule has 0 radical (unpaired) electrons. The van der Waals surface area contributed by atoms with E-state index in [9.17, 15) is 14.7 Å². The molecule has 2 aromatic rings. The summed E-state index contributed by atoms with van der Waals surface area (Å²) in [5, 5.41) is 10.9. The van der Waals surface area contributed by atoms with Crippen molar-refractivity contribution in [3.05, 3.63) is 52.5 Å². The Balaban J connectivity index is 2.62. The van der Waals surface area contributed by atoms with Crippen molar-refractivity contribution >= 4 is 16.8 Å². The molecule has 0 atom stereocenters. The van der Waals surface area contributed by atoms with Gasteiger partial charge in [0.05, 0.1) is 5.52 Å². The summed E-state index contributed by atoms with van der Waals surface area (Å²) in [4.78, 5) is 25.0. The summed E-state index contributed by atoms with van der Waals surface area (Å²) in [7, 11) is 0. The summed E-state index contributed by atoms with van der Waals surface area (Å²) in [5.41, 5.74) is 5.28. The minimum atomic E-state index is -0.688. The molecular weight excluding hydrogens is 294 g/mol. The SMILES string of the molecule is C=C(C)NNC(=O)c1c(O)c2ccccc2n(CCCC)c1=O. The van der Waals surface area contributed by atoms with Crippen LogP contribution in [0.1, 0.15) is 37.0 Å². The number of rotatable bonds is 6. The van der Waals surface area contributed by atoms with Crippen LogP contribution in [0.4, 0.5) is 0 Å². The second-order valence-corrected chi connectivity index (χ2v) is 5.41. The number of nitrogens with one attached hydrogen (secondary N) is 2. The highest BCUT2D eigenvalue weighted by Gasteiger charge is 2.21. The number of hydrogen-bond acceptors (Lipinski definition) is 4. The fourth-order valence-corrected chi connectivity index (χ4v) is 2.36. The number of carbonyl (C=O) groups excluding carboxylic acids is 1. The molecule has 6 nitrogen and oxygen atoms in total. The van der Waals surface area contributed by atoms with Gasteiger partial charge in [-0.25, -0.2) is 0 Å². The van der Waals surface area contributed by atoms with Crippen LogP contribution in [0.3, 0.4) is 0 Å². The average molecular weight is 315 g/mol. The summed E-state index contributed by atoms with van der Waals surface area (Å²) in [6.07, 6.45) is 1.72. The summed E-state index contributed by atoms with van der Waals surface area (Å²) in [6.45, 7) is 7.78. The van der Waals surface area contributed by atoms with Crippen molar-refractivity contribution in [3.8, 4) is 5.75 Å². The second kappa shape index (κ2) is 7.00. The quantitative estimate of drug-likeness (QED) is 0.714. The summed E-state index contributed by atoms with van der Waals surface area (Å²) < 4.78 is 1.54. The molecule has 1 aromatic heterocycles. The van der Waals surface area contributed by atoms with Gasteiger partial charge in [-0.15, -0.1) is 0 Å².